The number of anilines is 1. The second-order valence-electron chi connectivity index (χ2n) is 5.71. The molecule has 0 atom stereocenters. The highest BCUT2D eigenvalue weighted by atomic mass is 32.2. The molecule has 0 N–H and O–H groups in total. The number of nitrogens with zero attached hydrogens (tertiary/aromatic N) is 4. The van der Waals surface area contributed by atoms with Gasteiger partial charge in [-0.15, -0.1) is 0 Å². The maximum atomic E-state index is 12.0. The highest BCUT2D eigenvalue weighted by Gasteiger charge is 2.29. The van der Waals surface area contributed by atoms with Gasteiger partial charge in [0, 0.05) is 38.3 Å². The molecule has 1 aliphatic heterocycles. The number of hydrogen-bond acceptors (Lipinski definition) is 6. The second-order valence-corrected chi connectivity index (χ2v) is 8.02. The van der Waals surface area contributed by atoms with Crippen molar-refractivity contribution in [1.29, 1.82) is 5.26 Å². The van der Waals surface area contributed by atoms with Gasteiger partial charge in [-0.05, 0) is 25.8 Å². The van der Waals surface area contributed by atoms with Gasteiger partial charge in [0.05, 0.1) is 21.9 Å². The fraction of sp³-hybridized carbons (Fsp3) is 0.533. The van der Waals surface area contributed by atoms with Crippen molar-refractivity contribution in [3.63, 3.8) is 0 Å². The average molecular weight is 352 g/mol. The molecule has 1 aliphatic rings. The normalized spacial score (nSPS) is 16.2. The van der Waals surface area contributed by atoms with Crippen molar-refractivity contribution in [3.8, 4) is 6.07 Å². The smallest absolute Gasteiger partial charge is 0.270 e. The van der Waals surface area contributed by atoms with Gasteiger partial charge in [0.15, 0.2) is 0 Å². The number of nitriles is 1. The van der Waals surface area contributed by atoms with Gasteiger partial charge in [0.25, 0.3) is 5.69 Å². The van der Waals surface area contributed by atoms with Gasteiger partial charge in [-0.3, -0.25) is 10.1 Å². The monoisotopic (exact) mass is 352 g/mol. The highest BCUT2D eigenvalue weighted by molar-refractivity contribution is 7.89. The molecule has 9 heteroatoms. The standard InChI is InChI=1S/C15H20N4O4S/c1-3-24(22,23)17(2)13-6-8-18(9-7-13)15-5-4-14(19(20)21)10-12(15)11-16/h4-5,10,13H,3,6-9H2,1-2H3. The number of hydrogen-bond donors (Lipinski definition) is 0. The maximum absolute atomic E-state index is 12.0. The predicted octanol–water partition coefficient (Wildman–Crippen LogP) is 1.72. The van der Waals surface area contributed by atoms with Crippen molar-refractivity contribution in [2.75, 3.05) is 30.8 Å². The Kier molecular flexibility index (Phi) is 5.41. The van der Waals surface area contributed by atoms with E-state index >= 15 is 0 Å². The summed E-state index contributed by atoms with van der Waals surface area (Å²) in [5.41, 5.74) is 0.804. The summed E-state index contributed by atoms with van der Waals surface area (Å²) >= 11 is 0. The predicted molar refractivity (Wildman–Crippen MR) is 90.3 cm³/mol. The van der Waals surface area contributed by atoms with Crippen molar-refractivity contribution in [2.45, 2.75) is 25.8 Å². The van der Waals surface area contributed by atoms with Crippen LogP contribution in [0, 0.1) is 21.4 Å². The van der Waals surface area contributed by atoms with Crippen LogP contribution in [0.2, 0.25) is 0 Å². The summed E-state index contributed by atoms with van der Waals surface area (Å²) < 4.78 is 25.4. The molecule has 1 aromatic rings. The van der Waals surface area contributed by atoms with Gasteiger partial charge in [0.2, 0.25) is 10.0 Å². The molecule has 24 heavy (non-hydrogen) atoms. The lowest BCUT2D eigenvalue weighted by molar-refractivity contribution is -0.384. The Morgan fingerprint density at radius 3 is 2.54 bits per heavy atom. The number of sulfonamides is 1. The van der Waals surface area contributed by atoms with Crippen molar-refractivity contribution in [1.82, 2.24) is 4.31 Å². The molecule has 0 aromatic heterocycles. The van der Waals surface area contributed by atoms with Crippen LogP contribution in [0.4, 0.5) is 11.4 Å². The van der Waals surface area contributed by atoms with E-state index in [1.165, 1.54) is 16.4 Å². The van der Waals surface area contributed by atoms with Crippen LogP contribution in [0.15, 0.2) is 18.2 Å². The molecule has 0 amide bonds. The summed E-state index contributed by atoms with van der Waals surface area (Å²) in [6, 6.07) is 6.19. The van der Waals surface area contributed by atoms with Crippen molar-refractivity contribution in [3.05, 3.63) is 33.9 Å². The molecule has 8 nitrogen and oxygen atoms in total. The Hall–Kier alpha value is -2.18. The third kappa shape index (κ3) is 3.66. The Labute approximate surface area is 141 Å². The third-order valence-corrected chi connectivity index (χ3v) is 6.34. The lowest BCUT2D eigenvalue weighted by Crippen LogP contribution is -2.46. The zero-order chi connectivity index (χ0) is 17.9. The fourth-order valence-electron chi connectivity index (χ4n) is 2.90. The molecule has 1 fully saturated rings. The zero-order valence-electron chi connectivity index (χ0n) is 13.7. The van der Waals surface area contributed by atoms with E-state index in [1.54, 1.807) is 20.0 Å². The highest BCUT2D eigenvalue weighted by Crippen LogP contribution is 2.28. The van der Waals surface area contributed by atoms with Crippen molar-refractivity contribution in [2.24, 2.45) is 0 Å². The first-order chi connectivity index (χ1) is 11.3. The number of nitro benzene ring substituents is 1. The quantitative estimate of drug-likeness (QED) is 0.590. The van der Waals surface area contributed by atoms with E-state index in [-0.39, 0.29) is 23.0 Å². The number of piperidine rings is 1. The largest absolute Gasteiger partial charge is 0.370 e. The Morgan fingerprint density at radius 2 is 2.04 bits per heavy atom. The summed E-state index contributed by atoms with van der Waals surface area (Å²) in [6.45, 7) is 2.82. The number of non-ortho nitro benzene ring substituents is 1. The van der Waals surface area contributed by atoms with Crippen LogP contribution in [0.25, 0.3) is 0 Å². The van der Waals surface area contributed by atoms with E-state index in [1.807, 2.05) is 11.0 Å². The summed E-state index contributed by atoms with van der Waals surface area (Å²) in [5.74, 6) is 0.0741. The average Bonchev–Trinajstić information content (AvgIpc) is 2.60. The van der Waals surface area contributed by atoms with Gasteiger partial charge in [-0.1, -0.05) is 0 Å². The van der Waals surface area contributed by atoms with E-state index in [0.717, 1.165) is 0 Å². The van der Waals surface area contributed by atoms with Gasteiger partial charge in [-0.25, -0.2) is 12.7 Å². The Balaban J connectivity index is 2.13. The molecule has 0 aliphatic carbocycles. The molecule has 0 spiro atoms. The van der Waals surface area contributed by atoms with E-state index in [0.29, 0.717) is 31.6 Å². The molecule has 0 unspecified atom stereocenters. The lowest BCUT2D eigenvalue weighted by atomic mass is 10.0. The van der Waals surface area contributed by atoms with Crippen LogP contribution < -0.4 is 4.90 Å². The topological polar surface area (TPSA) is 108 Å². The minimum absolute atomic E-state index is 0.0604. The van der Waals surface area contributed by atoms with Gasteiger partial charge < -0.3 is 4.90 Å². The van der Waals surface area contributed by atoms with Crippen LogP contribution in [0.3, 0.4) is 0 Å². The van der Waals surface area contributed by atoms with Gasteiger partial charge >= 0.3 is 0 Å². The molecular formula is C15H20N4O4S. The Morgan fingerprint density at radius 1 is 1.42 bits per heavy atom. The number of benzene rings is 1. The molecule has 1 saturated heterocycles. The van der Waals surface area contributed by atoms with E-state index in [9.17, 15) is 23.8 Å². The second kappa shape index (κ2) is 7.15. The molecule has 2 rings (SSSR count). The minimum Gasteiger partial charge on any atom is -0.370 e. The summed E-state index contributed by atoms with van der Waals surface area (Å²) in [4.78, 5) is 12.3. The summed E-state index contributed by atoms with van der Waals surface area (Å²) in [7, 11) is -1.62. The van der Waals surface area contributed by atoms with Gasteiger partial charge in [-0.2, -0.15) is 5.26 Å². The molecule has 1 aromatic carbocycles. The molecule has 130 valence electrons. The lowest BCUT2D eigenvalue weighted by Gasteiger charge is -2.37. The van der Waals surface area contributed by atoms with Crippen molar-refractivity contribution >= 4 is 21.4 Å². The molecule has 1 heterocycles. The van der Waals surface area contributed by atoms with Crippen LogP contribution in [0.1, 0.15) is 25.3 Å². The first-order valence-corrected chi connectivity index (χ1v) is 9.30. The number of rotatable bonds is 5. The summed E-state index contributed by atoms with van der Waals surface area (Å²) in [6.07, 6.45) is 1.30. The van der Waals surface area contributed by atoms with Crippen LogP contribution in [0.5, 0.6) is 0 Å². The first kappa shape index (κ1) is 18.2. The molecule has 0 radical (unpaired) electrons. The minimum atomic E-state index is -3.22. The van der Waals surface area contributed by atoms with Crippen LogP contribution in [-0.2, 0) is 10.0 Å². The maximum Gasteiger partial charge on any atom is 0.270 e. The van der Waals surface area contributed by atoms with E-state index in [2.05, 4.69) is 0 Å². The third-order valence-electron chi connectivity index (χ3n) is 4.43. The first-order valence-electron chi connectivity index (χ1n) is 7.69. The fourth-order valence-corrected chi connectivity index (χ4v) is 3.98. The molecule has 0 saturated carbocycles. The van der Waals surface area contributed by atoms with E-state index < -0.39 is 14.9 Å². The Bertz CT molecular complexity index is 764. The molecule has 0 bridgehead atoms. The molecular weight excluding hydrogens is 332 g/mol. The van der Waals surface area contributed by atoms with Crippen molar-refractivity contribution < 1.29 is 13.3 Å². The zero-order valence-corrected chi connectivity index (χ0v) is 14.5. The number of nitro groups is 1. The van der Waals surface area contributed by atoms with Crippen LogP contribution >= 0.6 is 0 Å². The van der Waals surface area contributed by atoms with E-state index in [4.69, 9.17) is 0 Å². The summed E-state index contributed by atoms with van der Waals surface area (Å²) in [5, 5.41) is 20.1. The van der Waals surface area contributed by atoms with Gasteiger partial charge in [0.1, 0.15) is 6.07 Å². The van der Waals surface area contributed by atoms with Crippen LogP contribution in [-0.4, -0.2) is 49.6 Å². The SMILES string of the molecule is CCS(=O)(=O)N(C)C1CCN(c2ccc([N+](=O)[O-])cc2C#N)CC1.